The van der Waals surface area contributed by atoms with Crippen molar-refractivity contribution in [3.63, 3.8) is 0 Å². The molecule has 3 heterocycles. The van der Waals surface area contributed by atoms with Crippen LogP contribution in [0.25, 0.3) is 22.2 Å². The fourth-order valence-electron chi connectivity index (χ4n) is 3.28. The van der Waals surface area contributed by atoms with Gasteiger partial charge >= 0.3 is 0 Å². The summed E-state index contributed by atoms with van der Waals surface area (Å²) in [5.41, 5.74) is 3.57. The third kappa shape index (κ3) is 3.82. The summed E-state index contributed by atoms with van der Waals surface area (Å²) >= 11 is 0. The number of hydrogen-bond acceptors (Lipinski definition) is 5. The number of aromatic nitrogens is 5. The summed E-state index contributed by atoms with van der Waals surface area (Å²) < 4.78 is 0. The van der Waals surface area contributed by atoms with E-state index in [1.54, 1.807) is 42.9 Å². The van der Waals surface area contributed by atoms with Crippen molar-refractivity contribution in [2.45, 2.75) is 0 Å². The minimum absolute atomic E-state index is 0.220. The van der Waals surface area contributed by atoms with Gasteiger partial charge in [-0.1, -0.05) is 42.5 Å². The summed E-state index contributed by atoms with van der Waals surface area (Å²) in [6, 6.07) is 18.4. The molecule has 0 unspecified atom stereocenters. The first-order chi connectivity index (χ1) is 15.7. The maximum Gasteiger partial charge on any atom is 0.276 e. The molecule has 9 heteroatoms. The van der Waals surface area contributed by atoms with Gasteiger partial charge in [0.1, 0.15) is 11.2 Å². The molecule has 0 bridgehead atoms. The zero-order chi connectivity index (χ0) is 21.9. The van der Waals surface area contributed by atoms with E-state index >= 15 is 0 Å². The van der Waals surface area contributed by atoms with Crippen LogP contribution in [0.2, 0.25) is 0 Å². The first-order valence-corrected chi connectivity index (χ1v) is 9.80. The second-order valence-electron chi connectivity index (χ2n) is 6.93. The van der Waals surface area contributed by atoms with Crippen LogP contribution in [0.5, 0.6) is 0 Å². The Bertz CT molecular complexity index is 1390. The van der Waals surface area contributed by atoms with Crippen LogP contribution in [0.15, 0.2) is 79.3 Å². The number of nitrogens with one attached hydrogen (secondary N) is 4. The Kier molecular flexibility index (Phi) is 4.89. The molecule has 32 heavy (non-hydrogen) atoms. The van der Waals surface area contributed by atoms with Crippen LogP contribution in [0.1, 0.15) is 20.8 Å². The van der Waals surface area contributed by atoms with Gasteiger partial charge in [0.2, 0.25) is 11.9 Å². The minimum atomic E-state index is -0.412. The quantitative estimate of drug-likeness (QED) is 0.341. The summed E-state index contributed by atoms with van der Waals surface area (Å²) in [6.07, 6.45) is 4.80. The molecule has 9 nitrogen and oxygen atoms in total. The van der Waals surface area contributed by atoms with E-state index in [2.05, 4.69) is 35.6 Å². The monoisotopic (exact) mass is 423 g/mol. The fourth-order valence-corrected chi connectivity index (χ4v) is 3.28. The molecule has 5 aromatic rings. The molecule has 0 saturated heterocycles. The number of fused-ring (bicyclic) bond motifs is 1. The molecule has 0 aliphatic carbocycles. The fraction of sp³-hybridized carbons (Fsp3) is 0. The van der Waals surface area contributed by atoms with Crippen LogP contribution < -0.4 is 10.6 Å². The topological polar surface area (TPSA) is 128 Å². The molecular formula is C23H17N7O2. The predicted octanol–water partition coefficient (Wildman–Crippen LogP) is 3.85. The summed E-state index contributed by atoms with van der Waals surface area (Å²) in [4.78, 5) is 43.7. The van der Waals surface area contributed by atoms with Gasteiger partial charge in [0, 0.05) is 24.2 Å². The van der Waals surface area contributed by atoms with Gasteiger partial charge in [0.25, 0.3) is 11.8 Å². The van der Waals surface area contributed by atoms with Gasteiger partial charge in [-0.05, 0) is 23.8 Å². The minimum Gasteiger partial charge on any atom is -0.331 e. The average Bonchev–Trinajstić information content (AvgIpc) is 3.48. The Morgan fingerprint density at radius 3 is 2.38 bits per heavy atom. The average molecular weight is 423 g/mol. The van der Waals surface area contributed by atoms with E-state index in [1.807, 2.05) is 36.4 Å². The van der Waals surface area contributed by atoms with Gasteiger partial charge in [0.05, 0.1) is 11.1 Å². The van der Waals surface area contributed by atoms with Crippen LogP contribution >= 0.6 is 0 Å². The maximum absolute atomic E-state index is 12.6. The number of benzene rings is 2. The molecule has 3 aromatic heterocycles. The third-order valence-electron chi connectivity index (χ3n) is 4.82. The summed E-state index contributed by atoms with van der Waals surface area (Å²) in [6.45, 7) is 0. The van der Waals surface area contributed by atoms with Crippen molar-refractivity contribution >= 4 is 34.7 Å². The molecule has 156 valence electrons. The molecule has 2 amide bonds. The van der Waals surface area contributed by atoms with Crippen LogP contribution in [-0.2, 0) is 0 Å². The number of para-hydroxylation sites is 1. The van der Waals surface area contributed by atoms with Crippen LogP contribution in [0.3, 0.4) is 0 Å². The molecule has 0 atom stereocenters. The lowest BCUT2D eigenvalue weighted by Crippen LogP contribution is -2.14. The molecule has 0 aliphatic rings. The maximum atomic E-state index is 12.6. The molecule has 4 N–H and O–H groups in total. The number of carbonyl (C=O) groups is 2. The van der Waals surface area contributed by atoms with E-state index in [4.69, 9.17) is 0 Å². The highest BCUT2D eigenvalue weighted by Crippen LogP contribution is 2.21. The first-order valence-electron chi connectivity index (χ1n) is 9.80. The summed E-state index contributed by atoms with van der Waals surface area (Å²) in [7, 11) is 0. The third-order valence-corrected chi connectivity index (χ3v) is 4.82. The van der Waals surface area contributed by atoms with Crippen LogP contribution in [-0.4, -0.2) is 36.7 Å². The van der Waals surface area contributed by atoms with Crippen LogP contribution in [0.4, 0.5) is 11.9 Å². The predicted molar refractivity (Wildman–Crippen MR) is 120 cm³/mol. The first kappa shape index (κ1) is 19.2. The Labute approximate surface area is 182 Å². The number of amides is 2. The number of aromatic amines is 2. The number of H-pyrrole nitrogens is 2. The van der Waals surface area contributed by atoms with Crippen molar-refractivity contribution < 1.29 is 9.59 Å². The molecule has 0 radical (unpaired) electrons. The highest BCUT2D eigenvalue weighted by molar-refractivity contribution is 6.11. The number of pyridine rings is 1. The van der Waals surface area contributed by atoms with Gasteiger partial charge in [-0.2, -0.15) is 0 Å². The van der Waals surface area contributed by atoms with Gasteiger partial charge in [-0.25, -0.2) is 9.97 Å². The standard InChI is InChI=1S/C23H17N7O2/c31-20(29-22-24-11-12-25-22)16-7-4-8-17-19(16)28-23(27-17)30-21(32)18-10-9-15(13-26-18)14-5-2-1-3-6-14/h1-13H,(H2,24,25,29,31)(H2,27,28,30,32). The number of imidazole rings is 2. The van der Waals surface area contributed by atoms with E-state index in [-0.39, 0.29) is 17.5 Å². The van der Waals surface area contributed by atoms with Gasteiger partial charge in [0.15, 0.2) is 0 Å². The zero-order valence-corrected chi connectivity index (χ0v) is 16.7. The normalized spacial score (nSPS) is 10.8. The van der Waals surface area contributed by atoms with Crippen molar-refractivity contribution in [2.24, 2.45) is 0 Å². The zero-order valence-electron chi connectivity index (χ0n) is 16.7. The van der Waals surface area contributed by atoms with Gasteiger partial charge < -0.3 is 9.97 Å². The van der Waals surface area contributed by atoms with E-state index in [0.717, 1.165) is 11.1 Å². The second kappa shape index (κ2) is 8.15. The molecule has 0 fully saturated rings. The lowest BCUT2D eigenvalue weighted by Gasteiger charge is -2.04. The Balaban J connectivity index is 1.35. The SMILES string of the molecule is O=C(Nc1nc2c(C(=O)Nc3ncc[nH]3)cccc2[nH]1)c1ccc(-c2ccccc2)cn1. The Hall–Kier alpha value is -4.79. The molecular weight excluding hydrogens is 406 g/mol. The number of carbonyl (C=O) groups excluding carboxylic acids is 2. The van der Waals surface area contributed by atoms with Crippen molar-refractivity contribution in [1.82, 2.24) is 24.9 Å². The van der Waals surface area contributed by atoms with E-state index in [1.165, 1.54) is 0 Å². The van der Waals surface area contributed by atoms with Gasteiger partial charge in [-0.15, -0.1) is 0 Å². The summed E-state index contributed by atoms with van der Waals surface area (Å²) in [5.74, 6) is -0.225. The number of nitrogens with zero attached hydrogens (tertiary/aromatic N) is 3. The largest absolute Gasteiger partial charge is 0.331 e. The number of rotatable bonds is 5. The van der Waals surface area contributed by atoms with Crippen LogP contribution in [0, 0.1) is 0 Å². The molecule has 0 saturated carbocycles. The van der Waals surface area contributed by atoms with Crippen molar-refractivity contribution in [3.05, 3.63) is 90.5 Å². The smallest absolute Gasteiger partial charge is 0.276 e. The summed E-state index contributed by atoms with van der Waals surface area (Å²) in [5, 5.41) is 5.37. The van der Waals surface area contributed by atoms with E-state index in [0.29, 0.717) is 22.5 Å². The number of hydrogen-bond donors (Lipinski definition) is 4. The van der Waals surface area contributed by atoms with E-state index < -0.39 is 5.91 Å². The lowest BCUT2D eigenvalue weighted by atomic mass is 10.1. The Morgan fingerprint density at radius 2 is 1.62 bits per heavy atom. The molecule has 0 aliphatic heterocycles. The van der Waals surface area contributed by atoms with Gasteiger partial charge in [-0.3, -0.25) is 25.2 Å². The highest BCUT2D eigenvalue weighted by atomic mass is 16.2. The van der Waals surface area contributed by atoms with Crippen molar-refractivity contribution in [2.75, 3.05) is 10.6 Å². The molecule has 2 aromatic carbocycles. The lowest BCUT2D eigenvalue weighted by molar-refractivity contribution is 0.101. The second-order valence-corrected chi connectivity index (χ2v) is 6.93. The van der Waals surface area contributed by atoms with Crippen molar-refractivity contribution in [3.8, 4) is 11.1 Å². The number of anilines is 2. The van der Waals surface area contributed by atoms with Crippen molar-refractivity contribution in [1.29, 1.82) is 0 Å². The Morgan fingerprint density at radius 1 is 0.781 bits per heavy atom. The molecule has 0 spiro atoms. The van der Waals surface area contributed by atoms with E-state index in [9.17, 15) is 9.59 Å². The molecule has 5 rings (SSSR count). The highest BCUT2D eigenvalue weighted by Gasteiger charge is 2.16.